The fraction of sp³-hybridized carbons (Fsp3) is 0. The van der Waals surface area contributed by atoms with E-state index in [1.807, 2.05) is 72.8 Å². The van der Waals surface area contributed by atoms with Crippen molar-refractivity contribution in [3.8, 4) is 45.3 Å². The van der Waals surface area contributed by atoms with E-state index in [1.54, 1.807) is 0 Å². The van der Waals surface area contributed by atoms with Gasteiger partial charge in [-0.3, -0.25) is 0 Å². The van der Waals surface area contributed by atoms with Crippen molar-refractivity contribution in [2.45, 2.75) is 0 Å². The van der Waals surface area contributed by atoms with Crippen molar-refractivity contribution in [2.75, 3.05) is 0 Å². The lowest BCUT2D eigenvalue weighted by Crippen LogP contribution is -2.00. The number of hydrogen-bond acceptors (Lipinski definition) is 4. The summed E-state index contributed by atoms with van der Waals surface area (Å²) in [6, 6.07) is 57.0. The van der Waals surface area contributed by atoms with Gasteiger partial charge in [-0.05, 0) is 79.8 Å². The summed E-state index contributed by atoms with van der Waals surface area (Å²) in [5, 5.41) is 9.69. The van der Waals surface area contributed by atoms with E-state index in [0.29, 0.717) is 17.5 Å². The molecule has 0 aliphatic carbocycles. The number of nitrogens with zero attached hydrogens (tertiary/aromatic N) is 3. The van der Waals surface area contributed by atoms with Gasteiger partial charge in [0.05, 0.1) is 0 Å². The highest BCUT2D eigenvalue weighted by Gasteiger charge is 2.16. The maximum atomic E-state index is 6.45. The highest BCUT2D eigenvalue weighted by Crippen LogP contribution is 2.39. The maximum Gasteiger partial charge on any atom is 0.164 e. The molecule has 4 heteroatoms. The van der Waals surface area contributed by atoms with Crippen molar-refractivity contribution >= 4 is 54.3 Å². The molecule has 10 rings (SSSR count). The van der Waals surface area contributed by atoms with E-state index in [0.717, 1.165) is 49.8 Å². The van der Waals surface area contributed by atoms with Gasteiger partial charge in [-0.25, -0.2) is 15.0 Å². The number of aromatic nitrogens is 3. The zero-order valence-corrected chi connectivity index (χ0v) is 26.3. The zero-order valence-electron chi connectivity index (χ0n) is 26.3. The molecule has 2 aromatic heterocycles. The molecule has 8 aromatic carbocycles. The molecular formula is C45H27N3O. The Kier molecular flexibility index (Phi) is 6.15. The Balaban J connectivity index is 1.09. The van der Waals surface area contributed by atoms with E-state index < -0.39 is 0 Å². The van der Waals surface area contributed by atoms with Crippen molar-refractivity contribution in [3.05, 3.63) is 164 Å². The average molecular weight is 626 g/mol. The smallest absolute Gasteiger partial charge is 0.164 e. The number of hydrogen-bond donors (Lipinski definition) is 0. The van der Waals surface area contributed by atoms with Gasteiger partial charge in [0.15, 0.2) is 17.5 Å². The molecule has 2 heterocycles. The summed E-state index contributed by atoms with van der Waals surface area (Å²) in [5.41, 5.74) is 6.74. The van der Waals surface area contributed by atoms with Crippen LogP contribution in [0.2, 0.25) is 0 Å². The first-order chi connectivity index (χ1) is 24.3. The lowest BCUT2D eigenvalue weighted by Gasteiger charge is -2.12. The minimum atomic E-state index is 0.622. The molecule has 0 saturated heterocycles. The predicted molar refractivity (Wildman–Crippen MR) is 201 cm³/mol. The Bertz CT molecular complexity index is 2780. The summed E-state index contributed by atoms with van der Waals surface area (Å²) in [4.78, 5) is 14.7. The molecule has 0 amide bonds. The molecular weight excluding hydrogens is 599 g/mol. The first-order valence-electron chi connectivity index (χ1n) is 16.4. The van der Waals surface area contributed by atoms with Crippen LogP contribution in [0.1, 0.15) is 0 Å². The van der Waals surface area contributed by atoms with Crippen LogP contribution in [0.5, 0.6) is 0 Å². The Labute approximate surface area is 282 Å². The summed E-state index contributed by atoms with van der Waals surface area (Å²) in [7, 11) is 0. The third-order valence-corrected chi connectivity index (χ3v) is 9.51. The second-order valence-electron chi connectivity index (χ2n) is 12.4. The summed E-state index contributed by atoms with van der Waals surface area (Å²) >= 11 is 0. The molecule has 0 spiro atoms. The van der Waals surface area contributed by atoms with Crippen LogP contribution < -0.4 is 0 Å². The summed E-state index contributed by atoms with van der Waals surface area (Å²) < 4.78 is 6.45. The van der Waals surface area contributed by atoms with E-state index >= 15 is 0 Å². The maximum absolute atomic E-state index is 6.45. The van der Waals surface area contributed by atoms with Gasteiger partial charge in [-0.15, -0.1) is 0 Å². The highest BCUT2D eigenvalue weighted by atomic mass is 16.3. The standard InChI is InChI=1S/C45H27N3O/c1-3-11-28(12-4-1)43-46-44(29-13-5-2-6-14-29)48-45(47-43)32-21-24-41-40(26-32)38-23-20-31(27-42(38)49-41)30-19-22-37-35-17-8-7-15-33(35)34-16-9-10-18-36(34)39(37)25-30/h1-27H. The normalized spacial score (nSPS) is 11.7. The van der Waals surface area contributed by atoms with Crippen LogP contribution in [0.4, 0.5) is 0 Å². The van der Waals surface area contributed by atoms with Crippen LogP contribution in [0.25, 0.3) is 99.5 Å². The van der Waals surface area contributed by atoms with E-state index in [9.17, 15) is 0 Å². The predicted octanol–water partition coefficient (Wildman–Crippen LogP) is 11.9. The van der Waals surface area contributed by atoms with Gasteiger partial charge in [-0.2, -0.15) is 0 Å². The van der Waals surface area contributed by atoms with Gasteiger partial charge < -0.3 is 4.42 Å². The van der Waals surface area contributed by atoms with Gasteiger partial charge in [-0.1, -0.05) is 127 Å². The van der Waals surface area contributed by atoms with Crippen LogP contribution >= 0.6 is 0 Å². The van der Waals surface area contributed by atoms with E-state index in [2.05, 4.69) is 91.0 Å². The number of furan rings is 1. The average Bonchev–Trinajstić information content (AvgIpc) is 3.55. The van der Waals surface area contributed by atoms with Crippen molar-refractivity contribution in [1.82, 2.24) is 15.0 Å². The fourth-order valence-corrected chi connectivity index (χ4v) is 7.12. The molecule has 10 aromatic rings. The largest absolute Gasteiger partial charge is 0.456 e. The molecule has 0 radical (unpaired) electrons. The molecule has 0 unspecified atom stereocenters. The van der Waals surface area contributed by atoms with E-state index in [4.69, 9.17) is 19.4 Å². The van der Waals surface area contributed by atoms with Gasteiger partial charge >= 0.3 is 0 Å². The van der Waals surface area contributed by atoms with Crippen molar-refractivity contribution in [1.29, 1.82) is 0 Å². The molecule has 228 valence electrons. The summed E-state index contributed by atoms with van der Waals surface area (Å²) in [6.07, 6.45) is 0. The fourth-order valence-electron chi connectivity index (χ4n) is 7.12. The van der Waals surface area contributed by atoms with Crippen molar-refractivity contribution in [3.63, 3.8) is 0 Å². The van der Waals surface area contributed by atoms with Gasteiger partial charge in [0.25, 0.3) is 0 Å². The SMILES string of the molecule is c1ccc(-c2nc(-c3ccccc3)nc(-c3ccc4oc5cc(-c6ccc7c8ccccc8c8ccccc8c7c6)ccc5c4c3)n2)cc1. The molecule has 0 atom stereocenters. The van der Waals surface area contributed by atoms with Crippen LogP contribution in [-0.2, 0) is 0 Å². The van der Waals surface area contributed by atoms with Crippen molar-refractivity contribution in [2.24, 2.45) is 0 Å². The molecule has 0 aliphatic rings. The second-order valence-corrected chi connectivity index (χ2v) is 12.4. The lowest BCUT2D eigenvalue weighted by atomic mass is 9.92. The molecule has 0 N–H and O–H groups in total. The third-order valence-electron chi connectivity index (χ3n) is 9.51. The molecule has 0 bridgehead atoms. The summed E-state index contributed by atoms with van der Waals surface area (Å²) in [5.74, 6) is 1.90. The van der Waals surface area contributed by atoms with Gasteiger partial charge in [0, 0.05) is 27.5 Å². The van der Waals surface area contributed by atoms with Crippen LogP contribution in [0.15, 0.2) is 168 Å². The molecule has 0 fully saturated rings. The third kappa shape index (κ3) is 4.57. The molecule has 49 heavy (non-hydrogen) atoms. The minimum Gasteiger partial charge on any atom is -0.456 e. The number of benzene rings is 8. The van der Waals surface area contributed by atoms with Crippen LogP contribution in [0.3, 0.4) is 0 Å². The molecule has 0 saturated carbocycles. The Hall–Kier alpha value is -6.65. The summed E-state index contributed by atoms with van der Waals surface area (Å²) in [6.45, 7) is 0. The second kappa shape index (κ2) is 11.0. The Morgan fingerprint density at radius 2 is 0.694 bits per heavy atom. The monoisotopic (exact) mass is 625 g/mol. The molecule has 0 aliphatic heterocycles. The van der Waals surface area contributed by atoms with Crippen molar-refractivity contribution < 1.29 is 4.42 Å². The lowest BCUT2D eigenvalue weighted by molar-refractivity contribution is 0.669. The minimum absolute atomic E-state index is 0.622. The first kappa shape index (κ1) is 27.5. The van der Waals surface area contributed by atoms with Crippen LogP contribution in [-0.4, -0.2) is 15.0 Å². The van der Waals surface area contributed by atoms with E-state index in [1.165, 1.54) is 32.3 Å². The first-order valence-corrected chi connectivity index (χ1v) is 16.4. The quantitative estimate of drug-likeness (QED) is 0.183. The molecule has 4 nitrogen and oxygen atoms in total. The number of fused-ring (bicyclic) bond motifs is 9. The van der Waals surface area contributed by atoms with Crippen LogP contribution in [0, 0.1) is 0 Å². The Morgan fingerprint density at radius 3 is 1.29 bits per heavy atom. The zero-order chi connectivity index (χ0) is 32.3. The number of rotatable bonds is 4. The van der Waals surface area contributed by atoms with E-state index in [-0.39, 0.29) is 0 Å². The van der Waals surface area contributed by atoms with Gasteiger partial charge in [0.2, 0.25) is 0 Å². The highest BCUT2D eigenvalue weighted by molar-refractivity contribution is 6.25. The Morgan fingerprint density at radius 1 is 0.265 bits per heavy atom. The topological polar surface area (TPSA) is 51.8 Å². The van der Waals surface area contributed by atoms with Gasteiger partial charge in [0.1, 0.15) is 11.2 Å².